The number of carboxylic acid groups (broad SMARTS) is 1. The van der Waals surface area contributed by atoms with Gasteiger partial charge in [0, 0.05) is 11.0 Å². The molecule has 0 aliphatic heterocycles. The van der Waals surface area contributed by atoms with E-state index in [1.54, 1.807) is 0 Å². The largest absolute Gasteiger partial charge is 0.481 e. The fraction of sp³-hybridized carbons (Fsp3) is 0.583. The van der Waals surface area contributed by atoms with Gasteiger partial charge < -0.3 is 5.11 Å². The van der Waals surface area contributed by atoms with Crippen molar-refractivity contribution in [3.05, 3.63) is 11.6 Å². The normalized spacial score (nSPS) is 37.7. The minimum atomic E-state index is -0.718. The molecular weight excluding hydrogens is 176 g/mol. The summed E-state index contributed by atoms with van der Waals surface area (Å²) in [6.45, 7) is 0. The first kappa shape index (κ1) is 8.11. The second-order valence-electron chi connectivity index (χ2n) is 4.68. The predicted molar refractivity (Wildman–Crippen MR) is 51.4 cm³/mol. The lowest BCUT2D eigenvalue weighted by Gasteiger charge is -2.09. The SMILES string of the molecule is O=C(O)CC12C#CC(C3CC3)=CC1C2. The molecule has 2 unspecified atom stereocenters. The summed E-state index contributed by atoms with van der Waals surface area (Å²) in [5.74, 6) is 6.78. The van der Waals surface area contributed by atoms with Crippen molar-refractivity contribution in [1.29, 1.82) is 0 Å². The number of carbonyl (C=O) groups is 1. The number of allylic oxidation sites excluding steroid dienone is 2. The van der Waals surface area contributed by atoms with Gasteiger partial charge in [-0.15, -0.1) is 0 Å². The van der Waals surface area contributed by atoms with Gasteiger partial charge in [-0.2, -0.15) is 0 Å². The molecule has 0 saturated heterocycles. The molecule has 2 atom stereocenters. The van der Waals surface area contributed by atoms with E-state index < -0.39 is 5.97 Å². The summed E-state index contributed by atoms with van der Waals surface area (Å²) >= 11 is 0. The molecule has 0 amide bonds. The van der Waals surface area contributed by atoms with Gasteiger partial charge in [-0.05, 0) is 31.1 Å². The molecule has 0 spiro atoms. The first-order chi connectivity index (χ1) is 6.70. The monoisotopic (exact) mass is 188 g/mol. The predicted octanol–water partition coefficient (Wildman–Crippen LogP) is 1.82. The molecule has 0 radical (unpaired) electrons. The van der Waals surface area contributed by atoms with Crippen molar-refractivity contribution in [2.45, 2.75) is 25.7 Å². The van der Waals surface area contributed by atoms with Crippen molar-refractivity contribution < 1.29 is 9.90 Å². The summed E-state index contributed by atoms with van der Waals surface area (Å²) in [6.07, 6.45) is 5.97. The van der Waals surface area contributed by atoms with Crippen molar-refractivity contribution in [2.75, 3.05) is 0 Å². The molecule has 3 rings (SSSR count). The summed E-state index contributed by atoms with van der Waals surface area (Å²) < 4.78 is 0. The summed E-state index contributed by atoms with van der Waals surface area (Å²) in [5.41, 5.74) is 1.11. The van der Waals surface area contributed by atoms with Crippen LogP contribution in [0, 0.1) is 29.1 Å². The third-order valence-corrected chi connectivity index (χ3v) is 3.45. The zero-order chi connectivity index (χ0) is 9.76. The molecule has 1 N–H and O–H groups in total. The fourth-order valence-corrected chi connectivity index (χ4v) is 2.30. The summed E-state index contributed by atoms with van der Waals surface area (Å²) in [4.78, 5) is 10.6. The quantitative estimate of drug-likeness (QED) is 0.686. The molecular formula is C12H12O2. The molecule has 0 aromatic rings. The van der Waals surface area contributed by atoms with Crippen LogP contribution in [0.1, 0.15) is 25.7 Å². The van der Waals surface area contributed by atoms with Crippen LogP contribution < -0.4 is 0 Å². The van der Waals surface area contributed by atoms with Crippen LogP contribution in [0.4, 0.5) is 0 Å². The van der Waals surface area contributed by atoms with Gasteiger partial charge in [0.25, 0.3) is 0 Å². The maximum Gasteiger partial charge on any atom is 0.304 e. The number of rotatable bonds is 3. The topological polar surface area (TPSA) is 37.3 Å². The zero-order valence-electron chi connectivity index (χ0n) is 7.92. The van der Waals surface area contributed by atoms with Crippen molar-refractivity contribution in [1.82, 2.24) is 0 Å². The Morgan fingerprint density at radius 2 is 2.43 bits per heavy atom. The molecule has 2 fully saturated rings. The van der Waals surface area contributed by atoms with E-state index >= 15 is 0 Å². The van der Waals surface area contributed by atoms with Gasteiger partial charge in [-0.3, -0.25) is 4.79 Å². The van der Waals surface area contributed by atoms with Crippen molar-refractivity contribution in [2.24, 2.45) is 17.3 Å². The minimum Gasteiger partial charge on any atom is -0.481 e. The highest BCUT2D eigenvalue weighted by atomic mass is 16.4. The molecule has 72 valence electrons. The Hall–Kier alpha value is -1.23. The molecule has 14 heavy (non-hydrogen) atoms. The van der Waals surface area contributed by atoms with Gasteiger partial charge in [0.05, 0.1) is 6.42 Å². The first-order valence-electron chi connectivity index (χ1n) is 5.16. The molecule has 2 saturated carbocycles. The van der Waals surface area contributed by atoms with Gasteiger partial charge >= 0.3 is 5.97 Å². The number of carboxylic acids is 1. The summed E-state index contributed by atoms with van der Waals surface area (Å²) in [7, 11) is 0. The van der Waals surface area contributed by atoms with Gasteiger partial charge in [-0.1, -0.05) is 17.9 Å². The Balaban J connectivity index is 1.79. The molecule has 2 nitrogen and oxygen atoms in total. The van der Waals surface area contributed by atoms with Crippen molar-refractivity contribution in [3.8, 4) is 11.8 Å². The molecule has 0 aromatic carbocycles. The van der Waals surface area contributed by atoms with Gasteiger partial charge in [0.2, 0.25) is 0 Å². The standard InChI is InChI=1S/C12H12O2/c13-11(14)7-12-4-3-9(8-1-2-8)5-10(12)6-12/h5,8,10H,1-2,6-7H2,(H,13,14). The number of hydrogen-bond acceptors (Lipinski definition) is 1. The Morgan fingerprint density at radius 1 is 1.64 bits per heavy atom. The average Bonchev–Trinajstić information content (AvgIpc) is 2.96. The summed E-state index contributed by atoms with van der Waals surface area (Å²) in [5, 5.41) is 8.76. The second kappa shape index (κ2) is 2.42. The lowest BCUT2D eigenvalue weighted by Crippen LogP contribution is -2.10. The Bertz CT molecular complexity index is 392. The van der Waals surface area contributed by atoms with Gasteiger partial charge in [0.15, 0.2) is 0 Å². The fourth-order valence-electron chi connectivity index (χ4n) is 2.30. The van der Waals surface area contributed by atoms with Crippen LogP contribution in [0.5, 0.6) is 0 Å². The second-order valence-corrected chi connectivity index (χ2v) is 4.68. The minimum absolute atomic E-state index is 0.176. The number of hydrogen-bond donors (Lipinski definition) is 1. The van der Waals surface area contributed by atoms with E-state index in [9.17, 15) is 4.79 Å². The highest BCUT2D eigenvalue weighted by molar-refractivity contribution is 5.70. The van der Waals surface area contributed by atoms with Gasteiger partial charge in [-0.25, -0.2) is 0 Å². The smallest absolute Gasteiger partial charge is 0.304 e. The van der Waals surface area contributed by atoms with Crippen LogP contribution in [0.3, 0.4) is 0 Å². The van der Waals surface area contributed by atoms with Crippen LogP contribution in [0.15, 0.2) is 11.6 Å². The maximum absolute atomic E-state index is 10.6. The van der Waals surface area contributed by atoms with E-state index in [1.807, 2.05) is 0 Å². The molecule has 0 heterocycles. The highest BCUT2D eigenvalue weighted by Gasteiger charge is 2.54. The van der Waals surface area contributed by atoms with Crippen LogP contribution >= 0.6 is 0 Å². The number of aliphatic carboxylic acids is 1. The van der Waals surface area contributed by atoms with Crippen molar-refractivity contribution >= 4 is 5.97 Å². The van der Waals surface area contributed by atoms with Crippen molar-refractivity contribution in [3.63, 3.8) is 0 Å². The number of fused-ring (bicyclic) bond motifs is 1. The van der Waals surface area contributed by atoms with Crippen LogP contribution in [0.25, 0.3) is 0 Å². The maximum atomic E-state index is 10.6. The first-order valence-corrected chi connectivity index (χ1v) is 5.16. The van der Waals surface area contributed by atoms with Gasteiger partial charge in [0.1, 0.15) is 0 Å². The Kier molecular flexibility index (Phi) is 1.40. The molecule has 0 aromatic heterocycles. The highest BCUT2D eigenvalue weighted by Crippen LogP contribution is 2.58. The van der Waals surface area contributed by atoms with E-state index in [2.05, 4.69) is 17.9 Å². The third kappa shape index (κ3) is 1.16. The van der Waals surface area contributed by atoms with E-state index in [-0.39, 0.29) is 11.8 Å². The Morgan fingerprint density at radius 3 is 3.00 bits per heavy atom. The zero-order valence-corrected chi connectivity index (χ0v) is 7.92. The molecule has 2 heteroatoms. The Labute approximate surface area is 83.0 Å². The molecule has 3 aliphatic carbocycles. The van der Waals surface area contributed by atoms with Crippen LogP contribution in [0.2, 0.25) is 0 Å². The van der Waals surface area contributed by atoms with E-state index in [4.69, 9.17) is 5.11 Å². The summed E-state index contributed by atoms with van der Waals surface area (Å²) in [6, 6.07) is 0. The lowest BCUT2D eigenvalue weighted by molar-refractivity contribution is -0.138. The van der Waals surface area contributed by atoms with E-state index in [1.165, 1.54) is 18.4 Å². The molecule has 0 bridgehead atoms. The van der Waals surface area contributed by atoms with Crippen LogP contribution in [-0.4, -0.2) is 11.1 Å². The molecule has 3 aliphatic rings. The van der Waals surface area contributed by atoms with E-state index in [0.29, 0.717) is 11.8 Å². The lowest BCUT2D eigenvalue weighted by atomic mass is 9.93. The van der Waals surface area contributed by atoms with Crippen LogP contribution in [-0.2, 0) is 4.79 Å². The third-order valence-electron chi connectivity index (χ3n) is 3.45. The van der Waals surface area contributed by atoms with E-state index in [0.717, 1.165) is 6.42 Å². The average molecular weight is 188 g/mol.